The summed E-state index contributed by atoms with van der Waals surface area (Å²) in [4.78, 5) is 11.6. The number of hydrogen-bond acceptors (Lipinski definition) is 5. The normalized spacial score (nSPS) is 16.7. The third-order valence-electron chi connectivity index (χ3n) is 4.77. The van der Waals surface area contributed by atoms with Gasteiger partial charge in [0, 0.05) is 31.1 Å². The summed E-state index contributed by atoms with van der Waals surface area (Å²) in [5.41, 5.74) is 2.78. The number of benzene rings is 1. The van der Waals surface area contributed by atoms with Crippen LogP contribution in [-0.4, -0.2) is 36.6 Å². The van der Waals surface area contributed by atoms with Gasteiger partial charge in [0.05, 0.1) is 28.5 Å². The molecule has 0 saturated carbocycles. The van der Waals surface area contributed by atoms with E-state index in [9.17, 15) is 5.26 Å². The van der Waals surface area contributed by atoms with E-state index in [1.54, 1.807) is 11.3 Å². The van der Waals surface area contributed by atoms with Gasteiger partial charge in [0.25, 0.3) is 0 Å². The van der Waals surface area contributed by atoms with E-state index in [-0.39, 0.29) is 24.0 Å². The molecule has 1 atom stereocenters. The van der Waals surface area contributed by atoms with Crippen molar-refractivity contribution in [1.82, 2.24) is 15.6 Å². The maximum atomic E-state index is 9.40. The van der Waals surface area contributed by atoms with Crippen LogP contribution in [-0.2, 0) is 13.0 Å². The first kappa shape index (κ1) is 23.4. The molecular weight excluding hydrogens is 495 g/mol. The molecule has 6 nitrogen and oxygen atoms in total. The topological polar surface area (TPSA) is 76.3 Å². The number of piperidine rings is 1. The monoisotopic (exact) mass is 524 g/mol. The van der Waals surface area contributed by atoms with Crippen LogP contribution in [0.4, 0.5) is 5.69 Å². The zero-order valence-electron chi connectivity index (χ0n) is 17.0. The number of hydrogen-bond donors (Lipinski definition) is 2. The van der Waals surface area contributed by atoms with E-state index in [0.717, 1.165) is 66.8 Å². The first-order valence-corrected chi connectivity index (χ1v) is 10.8. The van der Waals surface area contributed by atoms with Crippen LogP contribution in [0.5, 0.6) is 0 Å². The fourth-order valence-electron chi connectivity index (χ4n) is 3.42. The minimum absolute atomic E-state index is 0. The number of guanidine groups is 1. The molecule has 1 aromatic carbocycles. The predicted octanol–water partition coefficient (Wildman–Crippen LogP) is 3.92. The van der Waals surface area contributed by atoms with Crippen molar-refractivity contribution < 1.29 is 0 Å². The van der Waals surface area contributed by atoms with E-state index < -0.39 is 0 Å². The summed E-state index contributed by atoms with van der Waals surface area (Å²) >= 11 is 1.70. The van der Waals surface area contributed by atoms with Crippen LogP contribution in [0.3, 0.4) is 0 Å². The maximum absolute atomic E-state index is 9.40. The first-order chi connectivity index (χ1) is 13.7. The standard InChI is InChI=1S/C21H28N6S.HI/c1-3-20-25-18(15-28-20)13-24-21(23-4-2)26-17-9-7-11-27(14-17)19-10-6-5-8-16(19)12-22;/h5-6,8,10,15,17H,3-4,7,9,11,13-14H2,1-2H3,(H2,23,24,26);1H. The van der Waals surface area contributed by atoms with E-state index in [4.69, 9.17) is 4.99 Å². The zero-order valence-corrected chi connectivity index (χ0v) is 20.2. The van der Waals surface area contributed by atoms with Gasteiger partial charge in [0.15, 0.2) is 5.96 Å². The Kier molecular flexibility index (Phi) is 9.67. The third-order valence-corrected chi connectivity index (χ3v) is 5.81. The second-order valence-electron chi connectivity index (χ2n) is 6.84. The van der Waals surface area contributed by atoms with Crippen molar-refractivity contribution in [2.75, 3.05) is 24.5 Å². The van der Waals surface area contributed by atoms with E-state index in [2.05, 4.69) is 45.8 Å². The molecule has 2 aromatic rings. The highest BCUT2D eigenvalue weighted by molar-refractivity contribution is 14.0. The van der Waals surface area contributed by atoms with Crippen molar-refractivity contribution in [3.63, 3.8) is 0 Å². The highest BCUT2D eigenvalue weighted by Crippen LogP contribution is 2.23. The lowest BCUT2D eigenvalue weighted by molar-refractivity contribution is 0.468. The lowest BCUT2D eigenvalue weighted by Crippen LogP contribution is -2.51. The molecule has 2 N–H and O–H groups in total. The maximum Gasteiger partial charge on any atom is 0.191 e. The molecule has 1 fully saturated rings. The summed E-state index contributed by atoms with van der Waals surface area (Å²) in [5, 5.41) is 19.6. The molecule has 0 spiro atoms. The summed E-state index contributed by atoms with van der Waals surface area (Å²) < 4.78 is 0. The molecule has 0 bridgehead atoms. The van der Waals surface area contributed by atoms with E-state index >= 15 is 0 Å². The van der Waals surface area contributed by atoms with E-state index in [1.807, 2.05) is 24.3 Å². The number of anilines is 1. The van der Waals surface area contributed by atoms with Crippen LogP contribution >= 0.6 is 35.3 Å². The molecule has 1 aromatic heterocycles. The molecule has 2 heterocycles. The SMILES string of the molecule is CCNC(=NCc1csc(CC)n1)NC1CCCN(c2ccccc2C#N)C1.I. The minimum atomic E-state index is 0. The molecule has 1 aliphatic rings. The van der Waals surface area contributed by atoms with Crippen LogP contribution in [0.15, 0.2) is 34.6 Å². The number of nitrogens with zero attached hydrogens (tertiary/aromatic N) is 4. The molecular formula is C21H29IN6S. The van der Waals surface area contributed by atoms with Gasteiger partial charge in [-0.15, -0.1) is 35.3 Å². The smallest absolute Gasteiger partial charge is 0.191 e. The van der Waals surface area contributed by atoms with Crippen molar-refractivity contribution >= 4 is 47.0 Å². The fraction of sp³-hybridized carbons (Fsp3) is 0.476. The van der Waals surface area contributed by atoms with Crippen molar-refractivity contribution in [1.29, 1.82) is 5.26 Å². The van der Waals surface area contributed by atoms with Gasteiger partial charge in [-0.25, -0.2) is 9.98 Å². The van der Waals surface area contributed by atoms with Crippen LogP contribution in [0.2, 0.25) is 0 Å². The first-order valence-electron chi connectivity index (χ1n) is 9.95. The van der Waals surface area contributed by atoms with Crippen molar-refractivity contribution in [3.05, 3.63) is 45.9 Å². The van der Waals surface area contributed by atoms with Crippen LogP contribution in [0.1, 0.15) is 43.0 Å². The average Bonchev–Trinajstić information content (AvgIpc) is 3.20. The molecule has 29 heavy (non-hydrogen) atoms. The summed E-state index contributed by atoms with van der Waals surface area (Å²) in [5.74, 6) is 0.828. The number of halogens is 1. The summed E-state index contributed by atoms with van der Waals surface area (Å²) in [7, 11) is 0. The number of thiazole rings is 1. The number of rotatable bonds is 6. The third kappa shape index (κ3) is 6.57. The lowest BCUT2D eigenvalue weighted by atomic mass is 10.0. The van der Waals surface area contributed by atoms with Gasteiger partial charge in [-0.05, 0) is 38.3 Å². The van der Waals surface area contributed by atoms with Gasteiger partial charge in [-0.1, -0.05) is 19.1 Å². The highest BCUT2D eigenvalue weighted by atomic mass is 127. The Balaban J connectivity index is 0.00000300. The van der Waals surface area contributed by atoms with Gasteiger partial charge < -0.3 is 15.5 Å². The minimum Gasteiger partial charge on any atom is -0.368 e. The Hall–Kier alpha value is -1.86. The van der Waals surface area contributed by atoms with Gasteiger partial charge in [0.1, 0.15) is 6.07 Å². The Bertz CT molecular complexity index is 844. The number of para-hydroxylation sites is 1. The van der Waals surface area contributed by atoms with Gasteiger partial charge in [-0.3, -0.25) is 0 Å². The second-order valence-corrected chi connectivity index (χ2v) is 7.78. The van der Waals surface area contributed by atoms with Crippen molar-refractivity contribution in [2.24, 2.45) is 4.99 Å². The Morgan fingerprint density at radius 2 is 2.21 bits per heavy atom. The molecule has 0 aliphatic carbocycles. The molecule has 0 radical (unpaired) electrons. The molecule has 3 rings (SSSR count). The summed E-state index contributed by atoms with van der Waals surface area (Å²) in [6.07, 6.45) is 3.14. The van der Waals surface area contributed by atoms with E-state index in [1.165, 1.54) is 0 Å². The van der Waals surface area contributed by atoms with Crippen LogP contribution in [0, 0.1) is 11.3 Å². The largest absolute Gasteiger partial charge is 0.368 e. The van der Waals surface area contributed by atoms with Crippen LogP contribution < -0.4 is 15.5 Å². The number of nitrogens with one attached hydrogen (secondary N) is 2. The van der Waals surface area contributed by atoms with Gasteiger partial charge in [0.2, 0.25) is 0 Å². The Morgan fingerprint density at radius 3 is 2.93 bits per heavy atom. The van der Waals surface area contributed by atoms with E-state index in [0.29, 0.717) is 12.6 Å². The quantitative estimate of drug-likeness (QED) is 0.341. The number of nitriles is 1. The highest BCUT2D eigenvalue weighted by Gasteiger charge is 2.22. The number of aromatic nitrogens is 1. The number of aliphatic imine (C=N–C) groups is 1. The molecule has 1 saturated heterocycles. The predicted molar refractivity (Wildman–Crippen MR) is 131 cm³/mol. The zero-order chi connectivity index (χ0) is 19.8. The average molecular weight is 524 g/mol. The van der Waals surface area contributed by atoms with Gasteiger partial charge >= 0.3 is 0 Å². The number of aryl methyl sites for hydroxylation is 1. The molecule has 1 aliphatic heterocycles. The Labute approximate surface area is 194 Å². The molecule has 8 heteroatoms. The fourth-order valence-corrected chi connectivity index (χ4v) is 4.15. The second kappa shape index (κ2) is 12.0. The summed E-state index contributed by atoms with van der Waals surface area (Å²) in [6, 6.07) is 10.4. The lowest BCUT2D eigenvalue weighted by Gasteiger charge is -2.35. The molecule has 156 valence electrons. The molecule has 1 unspecified atom stereocenters. The van der Waals surface area contributed by atoms with Crippen LogP contribution in [0.25, 0.3) is 0 Å². The Morgan fingerprint density at radius 1 is 1.38 bits per heavy atom. The van der Waals surface area contributed by atoms with Crippen molar-refractivity contribution in [3.8, 4) is 6.07 Å². The summed E-state index contributed by atoms with van der Waals surface area (Å²) in [6.45, 7) is 7.43. The van der Waals surface area contributed by atoms with Crippen molar-refractivity contribution in [2.45, 2.75) is 45.7 Å². The molecule has 0 amide bonds. The van der Waals surface area contributed by atoms with Gasteiger partial charge in [-0.2, -0.15) is 5.26 Å².